The molecule has 0 aliphatic rings. The Balaban J connectivity index is 2.47. The molecule has 0 N–H and O–H groups in total. The van der Waals surface area contributed by atoms with Crippen molar-refractivity contribution in [2.24, 2.45) is 0 Å². The maximum absolute atomic E-state index is 8.72. The Morgan fingerprint density at radius 2 is 2.00 bits per heavy atom. The van der Waals surface area contributed by atoms with Gasteiger partial charge in [-0.2, -0.15) is 10.4 Å². The largest absolute Gasteiger partial charge is 0.238 e. The number of aryl methyl sites for hydroxylation is 2. The van der Waals surface area contributed by atoms with Gasteiger partial charge in [0.2, 0.25) is 0 Å². The fourth-order valence-electron chi connectivity index (χ4n) is 1.82. The normalized spacial score (nSPS) is 10.2. The highest BCUT2D eigenvalue weighted by molar-refractivity contribution is 5.41. The van der Waals surface area contributed by atoms with Crippen LogP contribution in [-0.2, 0) is 6.42 Å². The number of nitrogens with zero attached hydrogens (tertiary/aromatic N) is 3. The van der Waals surface area contributed by atoms with Gasteiger partial charge in [0.05, 0.1) is 24.4 Å². The van der Waals surface area contributed by atoms with Crippen LogP contribution in [0.5, 0.6) is 0 Å². The lowest BCUT2D eigenvalue weighted by molar-refractivity contribution is 0.843. The summed E-state index contributed by atoms with van der Waals surface area (Å²) in [6, 6.07) is 8.42. The summed E-state index contributed by atoms with van der Waals surface area (Å²) in [5.74, 6) is 0. The number of benzene rings is 1. The average Bonchev–Trinajstić information content (AvgIpc) is 2.66. The van der Waals surface area contributed by atoms with E-state index in [4.69, 9.17) is 5.26 Å². The molecule has 1 aromatic carbocycles. The van der Waals surface area contributed by atoms with Crippen LogP contribution >= 0.6 is 0 Å². The number of hydrogen-bond acceptors (Lipinski definition) is 2. The molecule has 0 bridgehead atoms. The molecule has 0 unspecified atom stereocenters. The molecule has 0 saturated carbocycles. The lowest BCUT2D eigenvalue weighted by Crippen LogP contribution is -2.00. The smallest absolute Gasteiger partial charge is 0.0671 e. The lowest BCUT2D eigenvalue weighted by atomic mass is 10.1. The standard InChI is InChI=1S/C14H15N3/c1-10-4-5-14(8-11(10)2)17-12(3)13(6-7-15)9-16-17/h4-5,8-9H,6H2,1-3H3. The van der Waals surface area contributed by atoms with Crippen molar-refractivity contribution >= 4 is 0 Å². The van der Waals surface area contributed by atoms with E-state index in [9.17, 15) is 0 Å². The molecule has 3 heteroatoms. The minimum atomic E-state index is 0.413. The van der Waals surface area contributed by atoms with Crippen LogP contribution in [0.2, 0.25) is 0 Å². The van der Waals surface area contributed by atoms with E-state index in [0.29, 0.717) is 6.42 Å². The van der Waals surface area contributed by atoms with Crippen LogP contribution in [-0.4, -0.2) is 9.78 Å². The van der Waals surface area contributed by atoms with Gasteiger partial charge in [-0.15, -0.1) is 0 Å². The molecule has 2 aromatic rings. The third-order valence-electron chi connectivity index (χ3n) is 3.12. The summed E-state index contributed by atoms with van der Waals surface area (Å²) in [5.41, 5.74) is 5.60. The molecule has 0 saturated heterocycles. The monoisotopic (exact) mass is 225 g/mol. The van der Waals surface area contributed by atoms with E-state index in [1.54, 1.807) is 6.20 Å². The first-order chi connectivity index (χ1) is 8.13. The molecule has 0 spiro atoms. The summed E-state index contributed by atoms with van der Waals surface area (Å²) >= 11 is 0. The molecule has 3 nitrogen and oxygen atoms in total. The van der Waals surface area contributed by atoms with E-state index in [-0.39, 0.29) is 0 Å². The summed E-state index contributed by atoms with van der Waals surface area (Å²) in [5, 5.41) is 13.1. The van der Waals surface area contributed by atoms with E-state index in [1.807, 2.05) is 11.6 Å². The molecular formula is C14H15N3. The van der Waals surface area contributed by atoms with E-state index < -0.39 is 0 Å². The van der Waals surface area contributed by atoms with Gasteiger partial charge in [-0.3, -0.25) is 0 Å². The van der Waals surface area contributed by atoms with E-state index in [0.717, 1.165) is 16.9 Å². The zero-order valence-electron chi connectivity index (χ0n) is 10.4. The SMILES string of the molecule is Cc1ccc(-n2ncc(CC#N)c2C)cc1C. The predicted octanol–water partition coefficient (Wildman–Crippen LogP) is 2.86. The molecule has 0 fully saturated rings. The Morgan fingerprint density at radius 3 is 2.65 bits per heavy atom. The highest BCUT2D eigenvalue weighted by Gasteiger charge is 2.08. The zero-order chi connectivity index (χ0) is 12.4. The Morgan fingerprint density at radius 1 is 1.24 bits per heavy atom. The van der Waals surface area contributed by atoms with Crippen molar-refractivity contribution in [1.29, 1.82) is 5.26 Å². The van der Waals surface area contributed by atoms with Gasteiger partial charge in [-0.1, -0.05) is 6.07 Å². The highest BCUT2D eigenvalue weighted by Crippen LogP contribution is 2.17. The number of hydrogen-bond donors (Lipinski definition) is 0. The molecule has 17 heavy (non-hydrogen) atoms. The molecular weight excluding hydrogens is 210 g/mol. The van der Waals surface area contributed by atoms with Gasteiger partial charge in [-0.05, 0) is 44.0 Å². The summed E-state index contributed by atoms with van der Waals surface area (Å²) < 4.78 is 1.89. The Kier molecular flexibility index (Phi) is 2.97. The third-order valence-corrected chi connectivity index (χ3v) is 3.12. The van der Waals surface area contributed by atoms with Gasteiger partial charge in [0.25, 0.3) is 0 Å². The van der Waals surface area contributed by atoms with Crippen LogP contribution < -0.4 is 0 Å². The van der Waals surface area contributed by atoms with E-state index in [1.165, 1.54) is 11.1 Å². The minimum absolute atomic E-state index is 0.413. The van der Waals surface area contributed by atoms with Crippen molar-refractivity contribution in [2.75, 3.05) is 0 Å². The summed E-state index contributed by atoms with van der Waals surface area (Å²) in [6.45, 7) is 6.18. The molecule has 0 atom stereocenters. The quantitative estimate of drug-likeness (QED) is 0.788. The predicted molar refractivity (Wildman–Crippen MR) is 67.1 cm³/mol. The van der Waals surface area contributed by atoms with Crippen molar-refractivity contribution in [3.8, 4) is 11.8 Å². The zero-order valence-corrected chi connectivity index (χ0v) is 10.4. The molecule has 86 valence electrons. The average molecular weight is 225 g/mol. The second-order valence-corrected chi connectivity index (χ2v) is 4.27. The molecule has 0 amide bonds. The fraction of sp³-hybridized carbons (Fsp3) is 0.286. The van der Waals surface area contributed by atoms with Gasteiger partial charge < -0.3 is 0 Å². The van der Waals surface area contributed by atoms with Gasteiger partial charge in [0.15, 0.2) is 0 Å². The fourth-order valence-corrected chi connectivity index (χ4v) is 1.82. The molecule has 1 heterocycles. The first kappa shape index (κ1) is 11.4. The molecule has 1 aromatic heterocycles. The molecule has 0 aliphatic carbocycles. The number of aromatic nitrogens is 2. The second kappa shape index (κ2) is 4.42. The van der Waals surface area contributed by atoms with Gasteiger partial charge in [0, 0.05) is 11.3 Å². The lowest BCUT2D eigenvalue weighted by Gasteiger charge is -2.07. The van der Waals surface area contributed by atoms with E-state index >= 15 is 0 Å². The Hall–Kier alpha value is -2.08. The maximum Gasteiger partial charge on any atom is 0.0671 e. The highest BCUT2D eigenvalue weighted by atomic mass is 15.3. The molecule has 0 aliphatic heterocycles. The summed E-state index contributed by atoms with van der Waals surface area (Å²) in [7, 11) is 0. The maximum atomic E-state index is 8.72. The van der Waals surface area contributed by atoms with Crippen molar-refractivity contribution in [3.05, 3.63) is 46.8 Å². The molecule has 0 radical (unpaired) electrons. The van der Waals surface area contributed by atoms with Gasteiger partial charge in [0.1, 0.15) is 0 Å². The van der Waals surface area contributed by atoms with Crippen LogP contribution in [0.25, 0.3) is 5.69 Å². The van der Waals surface area contributed by atoms with Crippen LogP contribution in [0.3, 0.4) is 0 Å². The topological polar surface area (TPSA) is 41.6 Å². The van der Waals surface area contributed by atoms with Crippen molar-refractivity contribution in [1.82, 2.24) is 9.78 Å². The van der Waals surface area contributed by atoms with Gasteiger partial charge in [-0.25, -0.2) is 4.68 Å². The van der Waals surface area contributed by atoms with Crippen molar-refractivity contribution in [3.63, 3.8) is 0 Å². The van der Waals surface area contributed by atoms with Crippen molar-refractivity contribution < 1.29 is 0 Å². The first-order valence-corrected chi connectivity index (χ1v) is 5.61. The number of rotatable bonds is 2. The molecule has 2 rings (SSSR count). The van der Waals surface area contributed by atoms with Gasteiger partial charge >= 0.3 is 0 Å². The van der Waals surface area contributed by atoms with Crippen LogP contribution in [0.1, 0.15) is 22.4 Å². The van der Waals surface area contributed by atoms with Crippen LogP contribution in [0.15, 0.2) is 24.4 Å². The summed E-state index contributed by atoms with van der Waals surface area (Å²) in [6.07, 6.45) is 2.18. The minimum Gasteiger partial charge on any atom is -0.238 e. The number of nitriles is 1. The van der Waals surface area contributed by atoms with Crippen LogP contribution in [0.4, 0.5) is 0 Å². The van der Waals surface area contributed by atoms with Crippen molar-refractivity contribution in [2.45, 2.75) is 27.2 Å². The Bertz CT molecular complexity index is 588. The van der Waals surface area contributed by atoms with E-state index in [2.05, 4.69) is 43.2 Å². The second-order valence-electron chi connectivity index (χ2n) is 4.27. The Labute approximate surface area is 101 Å². The summed E-state index contributed by atoms with van der Waals surface area (Å²) in [4.78, 5) is 0. The van der Waals surface area contributed by atoms with Crippen LogP contribution in [0, 0.1) is 32.1 Å². The third kappa shape index (κ3) is 2.07. The first-order valence-electron chi connectivity index (χ1n) is 5.61.